The summed E-state index contributed by atoms with van der Waals surface area (Å²) in [5.41, 5.74) is 0.995. The van der Waals surface area contributed by atoms with Crippen molar-refractivity contribution >= 4 is 0 Å². The number of methoxy groups -OCH3 is 1. The fourth-order valence-corrected chi connectivity index (χ4v) is 2.47. The van der Waals surface area contributed by atoms with Gasteiger partial charge in [0, 0.05) is 32.7 Å². The zero-order chi connectivity index (χ0) is 13.7. The van der Waals surface area contributed by atoms with Gasteiger partial charge in [-0.2, -0.15) is 0 Å². The molecule has 0 radical (unpaired) electrons. The second-order valence-electron chi connectivity index (χ2n) is 5.12. The van der Waals surface area contributed by atoms with Gasteiger partial charge in [0.15, 0.2) is 0 Å². The number of phenolic OH excluding ortho intramolecular Hbond substituents is 1. The molecule has 1 aromatic rings. The van der Waals surface area contributed by atoms with E-state index in [0.717, 1.165) is 26.0 Å². The number of ether oxygens (including phenoxy) is 2. The lowest BCUT2D eigenvalue weighted by Crippen LogP contribution is -2.44. The quantitative estimate of drug-likeness (QED) is 0.828. The number of rotatable bonds is 6. The highest BCUT2D eigenvalue weighted by atomic mass is 16.5. The molecule has 2 N–H and O–H groups in total. The monoisotopic (exact) mass is 265 g/mol. The first-order valence-corrected chi connectivity index (χ1v) is 6.84. The molecule has 0 bridgehead atoms. The molecule has 1 heterocycles. The van der Waals surface area contributed by atoms with Crippen molar-refractivity contribution in [3.8, 4) is 5.75 Å². The third-order valence-electron chi connectivity index (χ3n) is 3.87. The zero-order valence-electron chi connectivity index (χ0n) is 11.7. The number of nitrogens with one attached hydrogen (secondary N) is 1. The van der Waals surface area contributed by atoms with Crippen molar-refractivity contribution in [2.24, 2.45) is 0 Å². The van der Waals surface area contributed by atoms with Gasteiger partial charge < -0.3 is 19.9 Å². The minimum absolute atomic E-state index is 0.190. The molecule has 19 heavy (non-hydrogen) atoms. The van der Waals surface area contributed by atoms with Crippen molar-refractivity contribution in [3.63, 3.8) is 0 Å². The number of phenols is 1. The molecule has 0 aliphatic carbocycles. The highest BCUT2D eigenvalue weighted by Gasteiger charge is 2.35. The lowest BCUT2D eigenvalue weighted by Gasteiger charge is -2.29. The van der Waals surface area contributed by atoms with Crippen molar-refractivity contribution < 1.29 is 14.6 Å². The molecular weight excluding hydrogens is 242 g/mol. The maximum absolute atomic E-state index is 9.34. The molecule has 1 fully saturated rings. The van der Waals surface area contributed by atoms with Gasteiger partial charge in [-0.1, -0.05) is 19.1 Å². The summed E-state index contributed by atoms with van der Waals surface area (Å²) in [5, 5.41) is 12.9. The van der Waals surface area contributed by atoms with Gasteiger partial charge in [-0.3, -0.25) is 0 Å². The smallest absolute Gasteiger partial charge is 0.115 e. The lowest BCUT2D eigenvalue weighted by molar-refractivity contribution is -0.0176. The van der Waals surface area contributed by atoms with Gasteiger partial charge in [0.05, 0.1) is 6.61 Å². The fourth-order valence-electron chi connectivity index (χ4n) is 2.47. The maximum Gasteiger partial charge on any atom is 0.115 e. The number of aromatic hydroxyl groups is 1. The van der Waals surface area contributed by atoms with Crippen LogP contribution in [-0.4, -0.2) is 37.6 Å². The summed E-state index contributed by atoms with van der Waals surface area (Å²) in [7, 11) is 1.75. The molecule has 0 saturated carbocycles. The van der Waals surface area contributed by atoms with Crippen LogP contribution in [0.5, 0.6) is 5.75 Å². The highest BCUT2D eigenvalue weighted by molar-refractivity contribution is 5.28. The molecule has 4 heteroatoms. The molecule has 0 aromatic heterocycles. The minimum Gasteiger partial charge on any atom is -0.508 e. The van der Waals surface area contributed by atoms with Gasteiger partial charge in [-0.15, -0.1) is 0 Å². The third-order valence-corrected chi connectivity index (χ3v) is 3.87. The first-order valence-electron chi connectivity index (χ1n) is 6.84. The maximum atomic E-state index is 9.34. The van der Waals surface area contributed by atoms with E-state index < -0.39 is 0 Å². The minimum atomic E-state index is -0.190. The van der Waals surface area contributed by atoms with E-state index in [0.29, 0.717) is 12.4 Å². The topological polar surface area (TPSA) is 50.7 Å². The van der Waals surface area contributed by atoms with E-state index >= 15 is 0 Å². The van der Waals surface area contributed by atoms with Crippen LogP contribution < -0.4 is 5.32 Å². The van der Waals surface area contributed by atoms with Crippen LogP contribution in [0, 0.1) is 0 Å². The van der Waals surface area contributed by atoms with Crippen LogP contribution in [0.2, 0.25) is 0 Å². The molecule has 0 spiro atoms. The molecule has 1 aliphatic rings. The Hall–Kier alpha value is -1.10. The second-order valence-corrected chi connectivity index (χ2v) is 5.12. The normalized spacial score (nSPS) is 24.5. The van der Waals surface area contributed by atoms with Crippen molar-refractivity contribution in [2.45, 2.75) is 31.4 Å². The van der Waals surface area contributed by atoms with Crippen LogP contribution in [0.15, 0.2) is 24.3 Å². The summed E-state index contributed by atoms with van der Waals surface area (Å²) in [6.45, 7) is 4.35. The van der Waals surface area contributed by atoms with Crippen LogP contribution in [-0.2, 0) is 9.47 Å². The molecular formula is C15H23NO3. The van der Waals surface area contributed by atoms with Crippen LogP contribution in [0.3, 0.4) is 0 Å². The Bertz CT molecular complexity index is 385. The van der Waals surface area contributed by atoms with Crippen molar-refractivity contribution in [2.75, 3.05) is 26.9 Å². The molecule has 1 aliphatic heterocycles. The molecule has 2 unspecified atom stereocenters. The molecule has 2 atom stereocenters. The first kappa shape index (κ1) is 14.3. The van der Waals surface area contributed by atoms with Gasteiger partial charge in [-0.05, 0) is 24.1 Å². The van der Waals surface area contributed by atoms with Crippen LogP contribution in [0.25, 0.3) is 0 Å². The Morgan fingerprint density at radius 2 is 2.16 bits per heavy atom. The van der Waals surface area contributed by atoms with Crippen molar-refractivity contribution in [1.82, 2.24) is 5.32 Å². The lowest BCUT2D eigenvalue weighted by atomic mass is 10.00. The average molecular weight is 265 g/mol. The van der Waals surface area contributed by atoms with Gasteiger partial charge in [0.1, 0.15) is 11.4 Å². The first-order chi connectivity index (χ1) is 9.19. The Kier molecular flexibility index (Phi) is 4.80. The van der Waals surface area contributed by atoms with E-state index in [1.54, 1.807) is 19.2 Å². The summed E-state index contributed by atoms with van der Waals surface area (Å²) in [6, 6.07) is 7.64. The number of hydrogen-bond acceptors (Lipinski definition) is 4. The average Bonchev–Trinajstić information content (AvgIpc) is 2.91. The Balaban J connectivity index is 1.97. The van der Waals surface area contributed by atoms with E-state index in [9.17, 15) is 5.11 Å². The molecule has 4 nitrogen and oxygen atoms in total. The highest BCUT2D eigenvalue weighted by Crippen LogP contribution is 2.24. The zero-order valence-corrected chi connectivity index (χ0v) is 11.7. The van der Waals surface area contributed by atoms with Gasteiger partial charge in [-0.25, -0.2) is 0 Å². The summed E-state index contributed by atoms with van der Waals surface area (Å²) in [4.78, 5) is 0. The van der Waals surface area contributed by atoms with Crippen LogP contribution in [0.4, 0.5) is 0 Å². The van der Waals surface area contributed by atoms with Gasteiger partial charge >= 0.3 is 0 Å². The van der Waals surface area contributed by atoms with E-state index in [4.69, 9.17) is 9.47 Å². The van der Waals surface area contributed by atoms with Gasteiger partial charge in [0.2, 0.25) is 0 Å². The van der Waals surface area contributed by atoms with Crippen LogP contribution >= 0.6 is 0 Å². The number of hydrogen-bond donors (Lipinski definition) is 2. The molecule has 1 aromatic carbocycles. The van der Waals surface area contributed by atoms with E-state index in [1.807, 2.05) is 12.1 Å². The Morgan fingerprint density at radius 3 is 2.68 bits per heavy atom. The van der Waals surface area contributed by atoms with E-state index in [2.05, 4.69) is 12.2 Å². The van der Waals surface area contributed by atoms with E-state index in [1.165, 1.54) is 5.56 Å². The Labute approximate surface area is 114 Å². The van der Waals surface area contributed by atoms with Crippen molar-refractivity contribution in [3.05, 3.63) is 29.8 Å². The largest absolute Gasteiger partial charge is 0.508 e. The molecule has 0 amide bonds. The van der Waals surface area contributed by atoms with E-state index in [-0.39, 0.29) is 11.6 Å². The van der Waals surface area contributed by atoms with Gasteiger partial charge in [0.25, 0.3) is 0 Å². The summed E-state index contributed by atoms with van der Waals surface area (Å²) in [5.74, 6) is 0.302. The second kappa shape index (κ2) is 6.37. The number of benzene rings is 1. The molecule has 1 saturated heterocycles. The van der Waals surface area contributed by atoms with Crippen molar-refractivity contribution in [1.29, 1.82) is 0 Å². The standard InChI is InChI=1S/C15H23NO3/c1-3-14(12-4-6-13(17)7-5-12)16-10-15(18-2)8-9-19-11-15/h4-7,14,16-17H,3,8-11H2,1-2H3. The summed E-state index contributed by atoms with van der Waals surface area (Å²) in [6.07, 6.45) is 1.92. The predicted molar refractivity (Wildman–Crippen MR) is 74.3 cm³/mol. The van der Waals surface area contributed by atoms with Crippen LogP contribution in [0.1, 0.15) is 31.4 Å². The summed E-state index contributed by atoms with van der Waals surface area (Å²) < 4.78 is 11.1. The predicted octanol–water partition coefficient (Wildman–Crippen LogP) is 2.24. The summed E-state index contributed by atoms with van der Waals surface area (Å²) >= 11 is 0. The molecule has 106 valence electrons. The third kappa shape index (κ3) is 3.47. The SMILES string of the molecule is CCC(NCC1(OC)CCOC1)c1ccc(O)cc1. The Morgan fingerprint density at radius 1 is 1.42 bits per heavy atom. The fraction of sp³-hybridized carbons (Fsp3) is 0.600. The molecule has 2 rings (SSSR count).